The number of rotatable bonds is 4. The Morgan fingerprint density at radius 2 is 2.00 bits per heavy atom. The van der Waals surface area contributed by atoms with E-state index < -0.39 is 5.97 Å². The van der Waals surface area contributed by atoms with Crippen molar-refractivity contribution in [3.8, 4) is 0 Å². The van der Waals surface area contributed by atoms with Gasteiger partial charge < -0.3 is 4.74 Å². The van der Waals surface area contributed by atoms with E-state index in [1.54, 1.807) is 52.8 Å². The highest BCUT2D eigenvalue weighted by Crippen LogP contribution is 2.22. The van der Waals surface area contributed by atoms with Crippen molar-refractivity contribution in [2.75, 3.05) is 12.1 Å². The number of nitrogens with zero attached hydrogens (tertiary/aromatic N) is 5. The van der Waals surface area contributed by atoms with Crippen molar-refractivity contribution in [2.45, 2.75) is 0 Å². The number of hydrogen-bond acceptors (Lipinski definition) is 6. The molecule has 0 N–H and O–H groups in total. The molecule has 0 aliphatic rings. The van der Waals surface area contributed by atoms with Gasteiger partial charge in [-0.05, 0) is 24.3 Å². The molecule has 7 nitrogen and oxygen atoms in total. The van der Waals surface area contributed by atoms with Crippen LogP contribution in [0.15, 0.2) is 61.3 Å². The minimum Gasteiger partial charge on any atom is -0.464 e. The van der Waals surface area contributed by atoms with Crippen LogP contribution in [0.25, 0.3) is 0 Å². The molecule has 3 rings (SSSR count). The van der Waals surface area contributed by atoms with Gasteiger partial charge in [-0.25, -0.2) is 29.4 Å². The zero-order chi connectivity index (χ0) is 15.4. The van der Waals surface area contributed by atoms with Crippen LogP contribution in [0.2, 0.25) is 0 Å². The molecule has 0 saturated heterocycles. The first-order valence-electron chi connectivity index (χ1n) is 6.54. The summed E-state index contributed by atoms with van der Waals surface area (Å²) in [6.45, 7) is 0. The van der Waals surface area contributed by atoms with Gasteiger partial charge in [-0.2, -0.15) is 0 Å². The second-order valence-corrected chi connectivity index (χ2v) is 4.32. The molecule has 7 heteroatoms. The Morgan fingerprint density at radius 1 is 1.14 bits per heavy atom. The van der Waals surface area contributed by atoms with Gasteiger partial charge in [0, 0.05) is 18.6 Å². The molecule has 3 aromatic rings. The maximum absolute atomic E-state index is 11.7. The second kappa shape index (κ2) is 6.04. The van der Waals surface area contributed by atoms with Crippen LogP contribution in [0.1, 0.15) is 10.5 Å². The minimum atomic E-state index is -0.492. The number of methoxy groups -OCH3 is 1. The van der Waals surface area contributed by atoms with Crippen molar-refractivity contribution < 1.29 is 9.53 Å². The molecule has 3 heterocycles. The first-order valence-corrected chi connectivity index (χ1v) is 6.54. The maximum Gasteiger partial charge on any atom is 0.356 e. The van der Waals surface area contributed by atoms with Crippen molar-refractivity contribution >= 4 is 17.6 Å². The van der Waals surface area contributed by atoms with Crippen LogP contribution in [-0.2, 0) is 4.74 Å². The van der Waals surface area contributed by atoms with E-state index in [4.69, 9.17) is 4.74 Å². The van der Waals surface area contributed by atoms with Crippen molar-refractivity contribution in [1.82, 2.24) is 19.6 Å². The van der Waals surface area contributed by atoms with Gasteiger partial charge in [-0.3, -0.25) is 0 Å². The number of ether oxygens (including phenoxy) is 1. The van der Waals surface area contributed by atoms with Crippen molar-refractivity contribution in [2.24, 2.45) is 0 Å². The van der Waals surface area contributed by atoms with E-state index in [0.29, 0.717) is 11.6 Å². The van der Waals surface area contributed by atoms with Crippen molar-refractivity contribution in [1.29, 1.82) is 0 Å². The number of carbonyl (C=O) groups is 1. The summed E-state index contributed by atoms with van der Waals surface area (Å²) in [6, 6.07) is 10.7. The van der Waals surface area contributed by atoms with Gasteiger partial charge in [0.05, 0.1) is 7.11 Å². The van der Waals surface area contributed by atoms with E-state index in [9.17, 15) is 4.79 Å². The molecule has 0 saturated carbocycles. The average molecular weight is 295 g/mol. The Hall–Kier alpha value is -3.22. The van der Waals surface area contributed by atoms with Gasteiger partial charge >= 0.3 is 5.97 Å². The van der Waals surface area contributed by atoms with Gasteiger partial charge in [0.25, 0.3) is 0 Å². The third kappa shape index (κ3) is 2.64. The number of imidazole rings is 1. The monoisotopic (exact) mass is 295 g/mol. The van der Waals surface area contributed by atoms with Gasteiger partial charge in [0.1, 0.15) is 6.33 Å². The number of aromatic nitrogens is 4. The second-order valence-electron chi connectivity index (χ2n) is 4.32. The van der Waals surface area contributed by atoms with Crippen LogP contribution >= 0.6 is 0 Å². The minimum absolute atomic E-state index is 0.223. The lowest BCUT2D eigenvalue weighted by atomic mass is 10.3. The summed E-state index contributed by atoms with van der Waals surface area (Å²) in [5, 5.41) is 1.74. The maximum atomic E-state index is 11.7. The standard InChI is InChI=1S/C15H13N5O2/c1-22-15(21)12-5-4-7-14(18-12)20(19-10-9-16-11-19)13-6-2-3-8-17-13/h2-11H,1H3. The zero-order valence-electron chi connectivity index (χ0n) is 11.8. The van der Waals surface area contributed by atoms with Crippen LogP contribution in [0.5, 0.6) is 0 Å². The van der Waals surface area contributed by atoms with E-state index in [1.807, 2.05) is 18.2 Å². The Labute approximate surface area is 126 Å². The molecule has 0 bridgehead atoms. The van der Waals surface area contributed by atoms with Crippen LogP contribution in [0.4, 0.5) is 11.6 Å². The molecule has 0 atom stereocenters. The van der Waals surface area contributed by atoms with Crippen molar-refractivity contribution in [3.05, 3.63) is 67.0 Å². The molecular formula is C15H13N5O2. The molecule has 0 spiro atoms. The molecule has 0 aliphatic heterocycles. The molecule has 0 radical (unpaired) electrons. The van der Waals surface area contributed by atoms with E-state index in [-0.39, 0.29) is 5.69 Å². The highest BCUT2D eigenvalue weighted by molar-refractivity contribution is 5.87. The molecule has 0 aromatic carbocycles. The zero-order valence-corrected chi connectivity index (χ0v) is 11.8. The number of carbonyl (C=O) groups excluding carboxylic acids is 1. The van der Waals surface area contributed by atoms with E-state index in [1.165, 1.54) is 7.11 Å². The Kier molecular flexibility index (Phi) is 3.78. The molecule has 3 aromatic heterocycles. The fourth-order valence-electron chi connectivity index (χ4n) is 1.96. The molecule has 0 aliphatic carbocycles. The smallest absolute Gasteiger partial charge is 0.356 e. The molecule has 0 fully saturated rings. The lowest BCUT2D eigenvalue weighted by Crippen LogP contribution is -2.25. The summed E-state index contributed by atoms with van der Waals surface area (Å²) in [6.07, 6.45) is 6.73. The quantitative estimate of drug-likeness (QED) is 0.686. The molecule has 22 heavy (non-hydrogen) atoms. The third-order valence-electron chi connectivity index (χ3n) is 2.93. The average Bonchev–Trinajstić information content (AvgIpc) is 3.10. The summed E-state index contributed by atoms with van der Waals surface area (Å²) >= 11 is 0. The summed E-state index contributed by atoms with van der Waals surface area (Å²) in [5.41, 5.74) is 0.223. The van der Waals surface area contributed by atoms with Gasteiger partial charge in [-0.15, -0.1) is 0 Å². The van der Waals surface area contributed by atoms with Gasteiger partial charge in [0.2, 0.25) is 0 Å². The fourth-order valence-corrected chi connectivity index (χ4v) is 1.96. The van der Waals surface area contributed by atoms with Crippen LogP contribution < -0.4 is 5.01 Å². The first-order chi connectivity index (χ1) is 10.8. The Morgan fingerprint density at radius 3 is 2.68 bits per heavy atom. The van der Waals surface area contributed by atoms with E-state index >= 15 is 0 Å². The highest BCUT2D eigenvalue weighted by atomic mass is 16.5. The SMILES string of the molecule is COC(=O)c1cccc(N(c2ccccn2)n2ccnc2)n1. The predicted molar refractivity (Wildman–Crippen MR) is 79.6 cm³/mol. The number of hydrogen-bond donors (Lipinski definition) is 0. The van der Waals surface area contributed by atoms with E-state index in [0.717, 1.165) is 0 Å². The topological polar surface area (TPSA) is 73.1 Å². The first kappa shape index (κ1) is 13.7. The van der Waals surface area contributed by atoms with Gasteiger partial charge in [-0.1, -0.05) is 12.1 Å². The van der Waals surface area contributed by atoms with Crippen LogP contribution in [-0.4, -0.2) is 32.7 Å². The number of pyridine rings is 2. The van der Waals surface area contributed by atoms with Crippen LogP contribution in [0, 0.1) is 0 Å². The molecule has 0 unspecified atom stereocenters. The van der Waals surface area contributed by atoms with Gasteiger partial charge in [0.15, 0.2) is 17.3 Å². The summed E-state index contributed by atoms with van der Waals surface area (Å²) < 4.78 is 6.44. The van der Waals surface area contributed by atoms with Crippen molar-refractivity contribution in [3.63, 3.8) is 0 Å². The summed E-state index contributed by atoms with van der Waals surface area (Å²) in [7, 11) is 1.32. The van der Waals surface area contributed by atoms with Crippen LogP contribution in [0.3, 0.4) is 0 Å². The summed E-state index contributed by atoms with van der Waals surface area (Å²) in [5.74, 6) is 0.683. The largest absolute Gasteiger partial charge is 0.464 e. The number of esters is 1. The van der Waals surface area contributed by atoms with E-state index in [2.05, 4.69) is 15.0 Å². The lowest BCUT2D eigenvalue weighted by molar-refractivity contribution is 0.0594. The Bertz CT molecular complexity index is 759. The lowest BCUT2D eigenvalue weighted by Gasteiger charge is -2.23. The Balaban J connectivity index is 2.09. The molecule has 0 amide bonds. The molecule has 110 valence electrons. The third-order valence-corrected chi connectivity index (χ3v) is 2.93. The molecular weight excluding hydrogens is 282 g/mol. The number of anilines is 2. The summed E-state index contributed by atoms with van der Waals surface area (Å²) in [4.78, 5) is 24.4. The normalized spacial score (nSPS) is 10.2. The predicted octanol–water partition coefficient (Wildman–Crippen LogP) is 2.06. The fraction of sp³-hybridized carbons (Fsp3) is 0.0667. The highest BCUT2D eigenvalue weighted by Gasteiger charge is 2.16.